The molecule has 0 unspecified atom stereocenters. The monoisotopic (exact) mass is 415 g/mol. The van der Waals surface area contributed by atoms with Crippen molar-refractivity contribution in [2.45, 2.75) is 55.5 Å². The molecule has 1 aliphatic heterocycles. The van der Waals surface area contributed by atoms with Crippen molar-refractivity contribution in [1.82, 2.24) is 14.5 Å². The number of hydrogen-bond acceptors (Lipinski definition) is 5. The Hall–Kier alpha value is -1.94. The lowest BCUT2D eigenvalue weighted by molar-refractivity contribution is -0.157. The van der Waals surface area contributed by atoms with Crippen molar-refractivity contribution in [2.24, 2.45) is 0 Å². The molecule has 1 fully saturated rings. The molecule has 6 nitrogen and oxygen atoms in total. The van der Waals surface area contributed by atoms with Crippen LogP contribution >= 0.6 is 0 Å². The molecular formula is C18H20F3N3O3S. The van der Waals surface area contributed by atoms with Crippen molar-refractivity contribution in [3.8, 4) is 0 Å². The van der Waals surface area contributed by atoms with E-state index in [-0.39, 0.29) is 29.8 Å². The van der Waals surface area contributed by atoms with Crippen LogP contribution in [0.15, 0.2) is 27.5 Å². The third-order valence-corrected chi connectivity index (χ3v) is 7.34. The second-order valence-corrected chi connectivity index (χ2v) is 9.20. The summed E-state index contributed by atoms with van der Waals surface area (Å²) in [6.45, 7) is 0.404. The van der Waals surface area contributed by atoms with Crippen LogP contribution in [0, 0.1) is 0 Å². The quantitative estimate of drug-likeness (QED) is 0.767. The highest BCUT2D eigenvalue weighted by atomic mass is 32.2. The van der Waals surface area contributed by atoms with Gasteiger partial charge in [-0.15, -0.1) is 10.2 Å². The van der Waals surface area contributed by atoms with Gasteiger partial charge in [-0.25, -0.2) is 8.42 Å². The Balaban J connectivity index is 1.46. The van der Waals surface area contributed by atoms with Gasteiger partial charge in [0.05, 0.1) is 4.90 Å². The number of benzene rings is 1. The number of hydrogen-bond donors (Lipinski definition) is 0. The molecule has 1 aliphatic carbocycles. The average molecular weight is 415 g/mol. The Labute approximate surface area is 160 Å². The minimum absolute atomic E-state index is 0.0850. The summed E-state index contributed by atoms with van der Waals surface area (Å²) in [6.07, 6.45) is 0.0456. The minimum atomic E-state index is -4.68. The highest BCUT2D eigenvalue weighted by Crippen LogP contribution is 2.34. The first-order valence-corrected chi connectivity index (χ1v) is 10.7. The summed E-state index contributed by atoms with van der Waals surface area (Å²) >= 11 is 0. The first-order valence-electron chi connectivity index (χ1n) is 9.28. The number of fused-ring (bicyclic) bond motifs is 1. The molecular weight excluding hydrogens is 395 g/mol. The van der Waals surface area contributed by atoms with Gasteiger partial charge < -0.3 is 4.42 Å². The van der Waals surface area contributed by atoms with E-state index in [2.05, 4.69) is 10.2 Å². The molecule has 2 aliphatic rings. The van der Waals surface area contributed by atoms with Gasteiger partial charge >= 0.3 is 12.1 Å². The molecule has 1 aromatic heterocycles. The van der Waals surface area contributed by atoms with Crippen LogP contribution in [0.1, 0.15) is 54.5 Å². The normalized spacial score (nSPS) is 19.5. The van der Waals surface area contributed by atoms with Gasteiger partial charge in [0.25, 0.3) is 0 Å². The SMILES string of the molecule is O=S(=O)(c1ccc2c(c1)CCCC2)N1CCC(c2nnc(C(F)(F)F)o2)CC1. The molecule has 0 N–H and O–H groups in total. The van der Waals surface area contributed by atoms with Crippen molar-refractivity contribution in [3.63, 3.8) is 0 Å². The van der Waals surface area contributed by atoms with E-state index in [0.717, 1.165) is 31.2 Å². The Morgan fingerprint density at radius 2 is 1.71 bits per heavy atom. The van der Waals surface area contributed by atoms with Gasteiger partial charge in [-0.3, -0.25) is 0 Å². The van der Waals surface area contributed by atoms with Gasteiger partial charge in [-0.05, 0) is 61.8 Å². The van der Waals surface area contributed by atoms with Crippen LogP contribution in [0.3, 0.4) is 0 Å². The van der Waals surface area contributed by atoms with E-state index < -0.39 is 22.1 Å². The predicted molar refractivity (Wildman–Crippen MR) is 93.1 cm³/mol. The molecule has 1 aromatic carbocycles. The van der Waals surface area contributed by atoms with E-state index in [1.807, 2.05) is 6.07 Å². The van der Waals surface area contributed by atoms with E-state index in [0.29, 0.717) is 12.8 Å². The lowest BCUT2D eigenvalue weighted by atomic mass is 9.92. The van der Waals surface area contributed by atoms with Crippen LogP contribution in [0.4, 0.5) is 13.2 Å². The highest BCUT2D eigenvalue weighted by molar-refractivity contribution is 7.89. The maximum Gasteiger partial charge on any atom is 0.470 e. The molecule has 4 rings (SSSR count). The zero-order valence-corrected chi connectivity index (χ0v) is 15.9. The minimum Gasteiger partial charge on any atom is -0.417 e. The van der Waals surface area contributed by atoms with Gasteiger partial charge in [0.1, 0.15) is 0 Å². The van der Waals surface area contributed by atoms with Gasteiger partial charge in [0.2, 0.25) is 15.9 Å². The molecule has 0 spiro atoms. The molecule has 2 aromatic rings. The zero-order chi connectivity index (χ0) is 19.9. The topological polar surface area (TPSA) is 76.3 Å². The van der Waals surface area contributed by atoms with Crippen LogP contribution < -0.4 is 0 Å². The van der Waals surface area contributed by atoms with Crippen LogP contribution in [0.2, 0.25) is 0 Å². The molecule has 10 heteroatoms. The molecule has 0 atom stereocenters. The number of aromatic nitrogens is 2. The molecule has 0 saturated carbocycles. The van der Waals surface area contributed by atoms with Gasteiger partial charge in [0.15, 0.2) is 0 Å². The smallest absolute Gasteiger partial charge is 0.417 e. The Bertz CT molecular complexity index is 964. The third-order valence-electron chi connectivity index (χ3n) is 5.44. The standard InChI is InChI=1S/C18H20F3N3O3S/c19-18(20,21)17-23-22-16(27-17)13-7-9-24(10-8-13)28(25,26)15-6-5-12-3-1-2-4-14(12)11-15/h5-6,11,13H,1-4,7-10H2. The summed E-state index contributed by atoms with van der Waals surface area (Å²) in [5.41, 5.74) is 2.30. The number of alkyl halides is 3. The van der Waals surface area contributed by atoms with Crippen molar-refractivity contribution in [2.75, 3.05) is 13.1 Å². The van der Waals surface area contributed by atoms with E-state index in [4.69, 9.17) is 4.42 Å². The first kappa shape index (κ1) is 19.4. The van der Waals surface area contributed by atoms with Crippen LogP contribution in [0.5, 0.6) is 0 Å². The van der Waals surface area contributed by atoms with Gasteiger partial charge in [-0.2, -0.15) is 17.5 Å². The fourth-order valence-electron chi connectivity index (χ4n) is 3.88. The molecule has 0 bridgehead atoms. The molecule has 1 saturated heterocycles. The Kier molecular flexibility index (Phi) is 4.95. The summed E-state index contributed by atoms with van der Waals surface area (Å²) in [6, 6.07) is 5.31. The van der Waals surface area contributed by atoms with Crippen molar-refractivity contribution in [3.05, 3.63) is 41.1 Å². The van der Waals surface area contributed by atoms with E-state index in [9.17, 15) is 21.6 Å². The second-order valence-electron chi connectivity index (χ2n) is 7.26. The fraction of sp³-hybridized carbons (Fsp3) is 0.556. The predicted octanol–water partition coefficient (Wildman–Crippen LogP) is 3.54. The summed E-state index contributed by atoms with van der Waals surface area (Å²) < 4.78 is 69.9. The summed E-state index contributed by atoms with van der Waals surface area (Å²) in [5.74, 6) is -1.83. The number of sulfonamides is 1. The number of rotatable bonds is 3. The molecule has 28 heavy (non-hydrogen) atoms. The summed E-state index contributed by atoms with van der Waals surface area (Å²) in [4.78, 5) is 0.281. The third kappa shape index (κ3) is 3.67. The largest absolute Gasteiger partial charge is 0.470 e. The van der Waals surface area contributed by atoms with Gasteiger partial charge in [-0.1, -0.05) is 6.07 Å². The Morgan fingerprint density at radius 3 is 2.36 bits per heavy atom. The first-order chi connectivity index (χ1) is 13.2. The van der Waals surface area contributed by atoms with Crippen LogP contribution in [0.25, 0.3) is 0 Å². The number of piperidine rings is 1. The molecule has 2 heterocycles. The number of aryl methyl sites for hydroxylation is 2. The Morgan fingerprint density at radius 1 is 1.04 bits per heavy atom. The van der Waals surface area contributed by atoms with Crippen LogP contribution in [-0.4, -0.2) is 36.0 Å². The van der Waals surface area contributed by atoms with Crippen molar-refractivity contribution in [1.29, 1.82) is 0 Å². The molecule has 0 amide bonds. The maximum atomic E-state index is 13.0. The lowest BCUT2D eigenvalue weighted by Crippen LogP contribution is -2.38. The maximum absolute atomic E-state index is 13.0. The number of nitrogens with zero attached hydrogens (tertiary/aromatic N) is 3. The van der Waals surface area contributed by atoms with E-state index >= 15 is 0 Å². The molecule has 0 radical (unpaired) electrons. The highest BCUT2D eigenvalue weighted by Gasteiger charge is 2.40. The summed E-state index contributed by atoms with van der Waals surface area (Å²) in [5, 5.41) is 6.54. The van der Waals surface area contributed by atoms with Gasteiger partial charge in [0, 0.05) is 19.0 Å². The summed E-state index contributed by atoms with van der Waals surface area (Å²) in [7, 11) is -3.63. The zero-order valence-electron chi connectivity index (χ0n) is 15.1. The van der Waals surface area contributed by atoms with Crippen molar-refractivity contribution < 1.29 is 26.0 Å². The van der Waals surface area contributed by atoms with E-state index in [1.54, 1.807) is 12.1 Å². The van der Waals surface area contributed by atoms with Crippen LogP contribution in [-0.2, 0) is 29.0 Å². The molecule has 152 valence electrons. The fourth-order valence-corrected chi connectivity index (χ4v) is 5.40. The lowest BCUT2D eigenvalue weighted by Gasteiger charge is -2.30. The number of halogens is 3. The van der Waals surface area contributed by atoms with Crippen molar-refractivity contribution >= 4 is 10.0 Å². The average Bonchev–Trinajstić information content (AvgIpc) is 3.18. The second kappa shape index (κ2) is 7.14. The van der Waals surface area contributed by atoms with E-state index in [1.165, 1.54) is 9.87 Å².